The fraction of sp³-hybridized carbons (Fsp3) is 0.385. The third-order valence-electron chi connectivity index (χ3n) is 2.47. The lowest BCUT2D eigenvalue weighted by Crippen LogP contribution is -2.35. The number of halogens is 4. The van der Waals surface area contributed by atoms with Gasteiger partial charge in [-0.1, -0.05) is 12.1 Å². The Morgan fingerprint density at radius 3 is 2.41 bits per heavy atom. The molecule has 0 aliphatic heterocycles. The van der Waals surface area contributed by atoms with Gasteiger partial charge in [-0.3, -0.25) is 4.79 Å². The molecule has 0 fully saturated rings. The Hall–Kier alpha value is -1.96. The Morgan fingerprint density at radius 2 is 1.77 bits per heavy atom. The second kappa shape index (κ2) is 8.47. The smallest absolute Gasteiger partial charge is 0.417 e. The largest absolute Gasteiger partial charge is 0.448 e. The van der Waals surface area contributed by atoms with E-state index in [1.807, 2.05) is 0 Å². The van der Waals surface area contributed by atoms with Crippen molar-refractivity contribution >= 4 is 23.6 Å². The summed E-state index contributed by atoms with van der Waals surface area (Å²) in [6.07, 6.45) is -5.33. The Labute approximate surface area is 129 Å². The number of carbonyl (C=O) groups excluding carboxylic acids is 2. The van der Waals surface area contributed by atoms with Gasteiger partial charge in [-0.25, -0.2) is 4.79 Å². The summed E-state index contributed by atoms with van der Waals surface area (Å²) in [5, 5.41) is 4.60. The van der Waals surface area contributed by atoms with Gasteiger partial charge in [-0.05, 0) is 12.1 Å². The first-order valence-electron chi connectivity index (χ1n) is 6.27. The van der Waals surface area contributed by atoms with E-state index in [4.69, 9.17) is 11.6 Å². The molecule has 1 rings (SSSR count). The van der Waals surface area contributed by atoms with E-state index in [1.165, 1.54) is 12.1 Å². The highest BCUT2D eigenvalue weighted by Gasteiger charge is 2.34. The summed E-state index contributed by atoms with van der Waals surface area (Å²) in [7, 11) is 0. The highest BCUT2D eigenvalue weighted by atomic mass is 35.5. The number of rotatable bonds is 6. The van der Waals surface area contributed by atoms with Crippen molar-refractivity contribution in [3.63, 3.8) is 0 Å². The zero-order valence-corrected chi connectivity index (χ0v) is 12.1. The molecule has 2 amide bonds. The minimum Gasteiger partial charge on any atom is -0.448 e. The van der Waals surface area contributed by atoms with E-state index < -0.39 is 29.3 Å². The van der Waals surface area contributed by atoms with Gasteiger partial charge in [0.05, 0.1) is 17.0 Å². The minimum absolute atomic E-state index is 0.0149. The first-order chi connectivity index (χ1) is 10.4. The maximum atomic E-state index is 12.8. The van der Waals surface area contributed by atoms with Crippen LogP contribution in [0.4, 0.5) is 18.0 Å². The molecular formula is C13H14ClF3N2O3. The lowest BCUT2D eigenvalue weighted by Gasteiger charge is -2.12. The molecule has 9 heteroatoms. The SMILES string of the molecule is O=C(NCCNC(=O)c1ccccc1C(F)(F)F)OCCCl. The minimum atomic E-state index is -4.61. The van der Waals surface area contributed by atoms with Gasteiger partial charge in [0.2, 0.25) is 0 Å². The molecule has 0 bridgehead atoms. The van der Waals surface area contributed by atoms with Crippen LogP contribution in [0.5, 0.6) is 0 Å². The maximum Gasteiger partial charge on any atom is 0.417 e. The highest BCUT2D eigenvalue weighted by Crippen LogP contribution is 2.31. The van der Waals surface area contributed by atoms with Crippen molar-refractivity contribution in [1.82, 2.24) is 10.6 Å². The number of benzene rings is 1. The Bertz CT molecular complexity index is 523. The first kappa shape index (κ1) is 18.1. The molecule has 0 unspecified atom stereocenters. The zero-order chi connectivity index (χ0) is 16.6. The van der Waals surface area contributed by atoms with Crippen LogP contribution in [0.15, 0.2) is 24.3 Å². The van der Waals surface area contributed by atoms with Crippen molar-refractivity contribution in [1.29, 1.82) is 0 Å². The topological polar surface area (TPSA) is 67.4 Å². The molecule has 22 heavy (non-hydrogen) atoms. The summed E-state index contributed by atoms with van der Waals surface area (Å²) in [4.78, 5) is 22.8. The highest BCUT2D eigenvalue weighted by molar-refractivity contribution is 6.18. The lowest BCUT2D eigenvalue weighted by molar-refractivity contribution is -0.137. The van der Waals surface area contributed by atoms with E-state index in [1.54, 1.807) is 0 Å². The van der Waals surface area contributed by atoms with E-state index >= 15 is 0 Å². The summed E-state index contributed by atoms with van der Waals surface area (Å²) in [5.74, 6) is -0.720. The fourth-order valence-electron chi connectivity index (χ4n) is 1.55. The third kappa shape index (κ3) is 5.80. The molecule has 0 atom stereocenters. The van der Waals surface area contributed by atoms with Gasteiger partial charge in [0.1, 0.15) is 6.61 Å². The molecule has 0 aliphatic rings. The van der Waals surface area contributed by atoms with Gasteiger partial charge in [0.15, 0.2) is 0 Å². The van der Waals surface area contributed by atoms with E-state index in [-0.39, 0.29) is 25.6 Å². The number of amides is 2. The van der Waals surface area contributed by atoms with E-state index in [9.17, 15) is 22.8 Å². The molecule has 0 radical (unpaired) electrons. The summed E-state index contributed by atoms with van der Waals surface area (Å²) < 4.78 is 42.9. The van der Waals surface area contributed by atoms with Crippen LogP contribution in [0.3, 0.4) is 0 Å². The molecule has 122 valence electrons. The Kier molecular flexibility index (Phi) is 6.97. The molecule has 0 saturated carbocycles. The predicted molar refractivity (Wildman–Crippen MR) is 73.8 cm³/mol. The first-order valence-corrected chi connectivity index (χ1v) is 6.80. The van der Waals surface area contributed by atoms with Gasteiger partial charge < -0.3 is 15.4 Å². The Balaban J connectivity index is 2.49. The second-order valence-corrected chi connectivity index (χ2v) is 4.43. The molecule has 1 aromatic rings. The number of ether oxygens (including phenoxy) is 1. The van der Waals surface area contributed by atoms with E-state index in [2.05, 4.69) is 15.4 Å². The van der Waals surface area contributed by atoms with Crippen molar-refractivity contribution in [3.8, 4) is 0 Å². The molecule has 5 nitrogen and oxygen atoms in total. The number of alkyl carbamates (subject to hydrolysis) is 1. The molecule has 0 heterocycles. The number of hydrogen-bond acceptors (Lipinski definition) is 3. The van der Waals surface area contributed by atoms with Crippen molar-refractivity contribution in [2.75, 3.05) is 25.6 Å². The van der Waals surface area contributed by atoms with Crippen LogP contribution in [-0.4, -0.2) is 37.6 Å². The van der Waals surface area contributed by atoms with Gasteiger partial charge in [0, 0.05) is 13.1 Å². The van der Waals surface area contributed by atoms with Crippen molar-refractivity contribution in [3.05, 3.63) is 35.4 Å². The van der Waals surface area contributed by atoms with Crippen LogP contribution in [-0.2, 0) is 10.9 Å². The molecular weight excluding hydrogens is 325 g/mol. The van der Waals surface area contributed by atoms with Crippen LogP contribution >= 0.6 is 11.6 Å². The molecule has 0 aliphatic carbocycles. The maximum absolute atomic E-state index is 12.8. The van der Waals surface area contributed by atoms with Crippen molar-refractivity contribution in [2.24, 2.45) is 0 Å². The summed E-state index contributed by atoms with van der Waals surface area (Å²) in [6, 6.07) is 4.46. The summed E-state index contributed by atoms with van der Waals surface area (Å²) in [6.45, 7) is 0.0146. The Morgan fingerprint density at radius 1 is 1.14 bits per heavy atom. The summed E-state index contributed by atoms with van der Waals surface area (Å²) >= 11 is 5.31. The van der Waals surface area contributed by atoms with Crippen LogP contribution in [0.2, 0.25) is 0 Å². The summed E-state index contributed by atoms with van der Waals surface area (Å²) in [5.41, 5.74) is -1.48. The average molecular weight is 339 g/mol. The molecule has 0 saturated heterocycles. The standard InChI is InChI=1S/C13H14ClF3N2O3/c14-5-8-22-12(21)19-7-6-18-11(20)9-3-1-2-4-10(9)13(15,16)17/h1-4H,5-8H2,(H,18,20)(H,19,21). The zero-order valence-electron chi connectivity index (χ0n) is 11.4. The van der Waals surface area contributed by atoms with Crippen LogP contribution < -0.4 is 10.6 Å². The average Bonchev–Trinajstić information content (AvgIpc) is 2.48. The number of nitrogens with one attached hydrogen (secondary N) is 2. The lowest BCUT2D eigenvalue weighted by atomic mass is 10.1. The normalized spacial score (nSPS) is 10.9. The monoisotopic (exact) mass is 338 g/mol. The van der Waals surface area contributed by atoms with Crippen molar-refractivity contribution in [2.45, 2.75) is 6.18 Å². The van der Waals surface area contributed by atoms with E-state index in [0.29, 0.717) is 0 Å². The number of hydrogen-bond donors (Lipinski definition) is 2. The molecule has 1 aromatic carbocycles. The van der Waals surface area contributed by atoms with Crippen LogP contribution in [0, 0.1) is 0 Å². The van der Waals surface area contributed by atoms with Crippen molar-refractivity contribution < 1.29 is 27.5 Å². The quantitative estimate of drug-likeness (QED) is 0.618. The predicted octanol–water partition coefficient (Wildman–Crippen LogP) is 2.40. The second-order valence-electron chi connectivity index (χ2n) is 4.05. The molecule has 0 spiro atoms. The number of carbonyl (C=O) groups is 2. The molecule has 0 aromatic heterocycles. The molecule has 2 N–H and O–H groups in total. The van der Waals surface area contributed by atoms with Gasteiger partial charge in [-0.2, -0.15) is 13.2 Å². The fourth-order valence-corrected chi connectivity index (χ4v) is 1.62. The van der Waals surface area contributed by atoms with Crippen LogP contribution in [0.25, 0.3) is 0 Å². The van der Waals surface area contributed by atoms with Crippen LogP contribution in [0.1, 0.15) is 15.9 Å². The third-order valence-corrected chi connectivity index (χ3v) is 2.62. The van der Waals surface area contributed by atoms with Gasteiger partial charge >= 0.3 is 12.3 Å². The number of alkyl halides is 4. The van der Waals surface area contributed by atoms with E-state index in [0.717, 1.165) is 12.1 Å². The van der Waals surface area contributed by atoms with Gasteiger partial charge in [-0.15, -0.1) is 11.6 Å². The van der Waals surface area contributed by atoms with Gasteiger partial charge in [0.25, 0.3) is 5.91 Å².